The van der Waals surface area contributed by atoms with Gasteiger partial charge in [-0.3, -0.25) is 28.8 Å². The number of methoxy groups -OCH3 is 2. The van der Waals surface area contributed by atoms with Crippen molar-refractivity contribution in [3.8, 4) is 11.5 Å². The van der Waals surface area contributed by atoms with E-state index in [1.54, 1.807) is 24.3 Å². The van der Waals surface area contributed by atoms with E-state index in [-0.39, 0.29) is 56.2 Å². The van der Waals surface area contributed by atoms with Gasteiger partial charge in [-0.25, -0.2) is 0 Å². The third kappa shape index (κ3) is 15.3. The Labute approximate surface area is 422 Å². The number of amides is 4. The number of halogens is 5. The molecule has 5 rings (SSSR count). The Morgan fingerprint density at radius 1 is 0.522 bits per heavy atom. The number of carbonyl (C=O) groups excluding carboxylic acids is 6. The second-order valence-electron chi connectivity index (χ2n) is 15.0. The van der Waals surface area contributed by atoms with E-state index in [1.165, 1.54) is 68.8 Å². The van der Waals surface area contributed by atoms with Crippen LogP contribution in [0.2, 0.25) is 10.0 Å². The molecule has 2 atom stereocenters. The van der Waals surface area contributed by atoms with Crippen LogP contribution >= 0.6 is 58.0 Å². The number of benzene rings is 5. The minimum Gasteiger partial charge on any atom is -0.495 e. The Bertz CT molecular complexity index is 2810. The molecule has 0 aliphatic heterocycles. The largest absolute Gasteiger partial charge is 0.495 e. The van der Waals surface area contributed by atoms with Crippen LogP contribution in [0.25, 0.3) is 0 Å². The third-order valence-electron chi connectivity index (χ3n) is 9.92. The lowest BCUT2D eigenvalue weighted by Crippen LogP contribution is -2.32. The van der Waals surface area contributed by atoms with Gasteiger partial charge in [0.2, 0.25) is 12.1 Å². The molecule has 4 N–H and O–H groups in total. The van der Waals surface area contributed by atoms with Crippen molar-refractivity contribution in [2.45, 2.75) is 45.2 Å². The van der Waals surface area contributed by atoms with E-state index in [0.717, 1.165) is 25.0 Å². The van der Waals surface area contributed by atoms with Crippen molar-refractivity contribution in [1.82, 2.24) is 0 Å². The van der Waals surface area contributed by atoms with Gasteiger partial charge in [0.05, 0.1) is 37.0 Å². The van der Waals surface area contributed by atoms with Gasteiger partial charge in [0.15, 0.2) is 11.6 Å². The first-order chi connectivity index (χ1) is 33.0. The third-order valence-corrected chi connectivity index (χ3v) is 10.9. The van der Waals surface area contributed by atoms with Crippen LogP contribution in [0.1, 0.15) is 51.3 Å². The number of hydrogen-bond acceptors (Lipinski definition) is 12. The van der Waals surface area contributed by atoms with Gasteiger partial charge in [-0.2, -0.15) is 20.5 Å². The number of nitrogens with one attached hydrogen (secondary N) is 4. The molecular weight excluding hydrogens is 994 g/mol. The van der Waals surface area contributed by atoms with Crippen molar-refractivity contribution >= 4 is 127 Å². The van der Waals surface area contributed by atoms with Crippen LogP contribution in [0.4, 0.5) is 34.1 Å². The van der Waals surface area contributed by atoms with E-state index in [9.17, 15) is 28.8 Å². The van der Waals surface area contributed by atoms with Gasteiger partial charge < -0.3 is 30.7 Å². The number of carbonyl (C=O) groups is 6. The zero-order chi connectivity index (χ0) is 50.2. The molecule has 0 aromatic heterocycles. The maximum absolute atomic E-state index is 13.5. The Kier molecular flexibility index (Phi) is 20.0. The second-order valence-corrected chi connectivity index (χ2v) is 17.0. The Morgan fingerprint density at radius 3 is 1.38 bits per heavy atom. The Morgan fingerprint density at radius 2 is 0.957 bits per heavy atom. The summed E-state index contributed by atoms with van der Waals surface area (Å²) in [5.74, 6) is -2.24. The minimum atomic E-state index is -1.62. The topological polar surface area (TPSA) is 218 Å². The normalized spacial score (nSPS) is 12.0. The average molecular weight is 1040 g/mol. The number of azo groups is 2. The number of aryl methyl sites for hydroxylation is 3. The number of alkyl halides is 3. The Balaban J connectivity index is 1.27. The molecular formula is C48H45Cl5N8O8. The van der Waals surface area contributed by atoms with Crippen LogP contribution < -0.4 is 30.7 Å². The maximum Gasteiger partial charge on any atom is 0.258 e. The van der Waals surface area contributed by atoms with Crippen molar-refractivity contribution in [3.63, 3.8) is 0 Å². The van der Waals surface area contributed by atoms with E-state index < -0.39 is 47.3 Å². The van der Waals surface area contributed by atoms with Gasteiger partial charge >= 0.3 is 0 Å². The quantitative estimate of drug-likeness (QED) is 0.0296. The fourth-order valence-electron chi connectivity index (χ4n) is 6.52. The van der Waals surface area contributed by atoms with Crippen molar-refractivity contribution < 1.29 is 38.2 Å². The molecule has 0 bridgehead atoms. The van der Waals surface area contributed by atoms with E-state index >= 15 is 0 Å². The molecule has 16 nitrogen and oxygen atoms in total. The highest BCUT2D eigenvalue weighted by molar-refractivity contribution is 6.32. The lowest BCUT2D eigenvalue weighted by Gasteiger charge is -2.15. The molecule has 0 heterocycles. The average Bonchev–Trinajstić information content (AvgIpc) is 3.30. The lowest BCUT2D eigenvalue weighted by atomic mass is 10.1. The molecule has 4 amide bonds. The number of rotatable bonds is 22. The van der Waals surface area contributed by atoms with Gasteiger partial charge in [-0.1, -0.05) is 35.3 Å². The van der Waals surface area contributed by atoms with Gasteiger partial charge in [0.1, 0.15) is 11.5 Å². The predicted octanol–water partition coefficient (Wildman–Crippen LogP) is 11.2. The molecule has 360 valence electrons. The van der Waals surface area contributed by atoms with Crippen molar-refractivity contribution in [2.75, 3.05) is 53.1 Å². The summed E-state index contributed by atoms with van der Waals surface area (Å²) in [7, 11) is 2.95. The number of nitrogens with zero attached hydrogens (tertiary/aromatic N) is 4. The van der Waals surface area contributed by atoms with E-state index in [1.807, 2.05) is 12.1 Å². The number of anilines is 4. The second kappa shape index (κ2) is 25.8. The van der Waals surface area contributed by atoms with Crippen molar-refractivity contribution in [2.24, 2.45) is 20.5 Å². The zero-order valence-electron chi connectivity index (χ0n) is 37.5. The van der Waals surface area contributed by atoms with Gasteiger partial charge in [-0.05, 0) is 129 Å². The number of ether oxygens (including phenoxy) is 2. The van der Waals surface area contributed by atoms with Gasteiger partial charge in [0.25, 0.3) is 23.6 Å². The van der Waals surface area contributed by atoms with Crippen molar-refractivity contribution in [3.05, 3.63) is 129 Å². The summed E-state index contributed by atoms with van der Waals surface area (Å²) in [6, 6.07) is 20.2. The SMILES string of the molecule is COc1cc(CCCl)ccc1NC(=O)c1cc(Cl)cc(N=NC(C(C)=O)C(=O)Nc2ccc(NC(=O)C(N=Nc3cc(Cl)cc(C(=O)Nc4ccc(CCCl)cc4OC)c3)C(C)=O)c(CCCl)c2)c1. The molecule has 2 unspecified atom stereocenters. The predicted molar refractivity (Wildman–Crippen MR) is 270 cm³/mol. The van der Waals surface area contributed by atoms with Crippen LogP contribution in [0.3, 0.4) is 0 Å². The van der Waals surface area contributed by atoms with E-state index in [4.69, 9.17) is 67.5 Å². The summed E-state index contributed by atoms with van der Waals surface area (Å²) in [5, 5.41) is 27.3. The van der Waals surface area contributed by atoms with Crippen LogP contribution in [-0.4, -0.2) is 79.1 Å². The molecule has 0 radical (unpaired) electrons. The summed E-state index contributed by atoms with van der Waals surface area (Å²) < 4.78 is 10.9. The molecule has 69 heavy (non-hydrogen) atoms. The lowest BCUT2D eigenvalue weighted by molar-refractivity contribution is -0.127. The smallest absolute Gasteiger partial charge is 0.258 e. The monoisotopic (exact) mass is 1040 g/mol. The molecule has 21 heteroatoms. The van der Waals surface area contributed by atoms with Gasteiger partial charge in [-0.15, -0.1) is 34.8 Å². The van der Waals surface area contributed by atoms with Crippen LogP contribution in [-0.2, 0) is 38.4 Å². The van der Waals surface area contributed by atoms with E-state index in [2.05, 4.69) is 41.7 Å². The molecule has 0 spiro atoms. The van der Waals surface area contributed by atoms with Gasteiger partial charge in [0, 0.05) is 50.2 Å². The number of Topliss-reactive ketones (excluding diaryl/α,β-unsaturated/α-hetero) is 2. The van der Waals surface area contributed by atoms with Crippen LogP contribution in [0.15, 0.2) is 111 Å². The highest BCUT2D eigenvalue weighted by Gasteiger charge is 2.26. The Hall–Kier alpha value is -6.43. The summed E-state index contributed by atoms with van der Waals surface area (Å²) >= 11 is 30.5. The van der Waals surface area contributed by atoms with Crippen LogP contribution in [0.5, 0.6) is 11.5 Å². The fourth-order valence-corrected chi connectivity index (χ4v) is 7.62. The van der Waals surface area contributed by atoms with E-state index in [0.29, 0.717) is 53.0 Å². The highest BCUT2D eigenvalue weighted by Crippen LogP contribution is 2.31. The zero-order valence-corrected chi connectivity index (χ0v) is 41.3. The molecule has 0 saturated heterocycles. The number of hydrogen-bond donors (Lipinski definition) is 4. The molecule has 5 aromatic carbocycles. The van der Waals surface area contributed by atoms with Crippen LogP contribution in [0, 0.1) is 0 Å². The standard InChI is InChI=1S/C48H45Cl5N8O8/c1-26(62)43(60-58-36-22-31(19-33(52)24-36)45(64)56-39-8-5-28(11-14-49)17-41(39)68-3)47(66)54-35-7-10-38(30(21-35)13-16-51)55-48(67)44(27(2)63)61-59-37-23-32(20-34(53)25-37)46(65)57-40-9-6-29(12-15-50)18-42(40)69-4/h5-10,17-25,43-44H,11-16H2,1-4H3,(H,54,66)(H,55,67)(H,56,64)(H,57,65). The maximum atomic E-state index is 13.5. The first-order valence-electron chi connectivity index (χ1n) is 20.9. The summed E-state index contributed by atoms with van der Waals surface area (Å²) in [6.07, 6.45) is 1.43. The molecule has 0 saturated carbocycles. The highest BCUT2D eigenvalue weighted by atomic mass is 35.5. The van der Waals surface area contributed by atoms with Crippen molar-refractivity contribution in [1.29, 1.82) is 0 Å². The first-order valence-corrected chi connectivity index (χ1v) is 23.2. The molecule has 0 aliphatic rings. The minimum absolute atomic E-state index is 0.0879. The molecule has 0 fully saturated rings. The fraction of sp³-hybridized carbons (Fsp3) is 0.250. The summed E-state index contributed by atoms with van der Waals surface area (Å²) in [6.45, 7) is 2.33. The molecule has 0 aliphatic carbocycles. The molecule has 5 aromatic rings. The first kappa shape index (κ1) is 53.5. The number of ketones is 2. The summed E-state index contributed by atoms with van der Waals surface area (Å²) in [5.41, 5.74) is 3.99. The summed E-state index contributed by atoms with van der Waals surface area (Å²) in [4.78, 5) is 78.9.